The molecule has 2 aliphatic heterocycles. The van der Waals surface area contributed by atoms with E-state index in [0.717, 1.165) is 4.90 Å². The van der Waals surface area contributed by atoms with Crippen LogP contribution in [0.2, 0.25) is 0 Å². The third-order valence-corrected chi connectivity index (χ3v) is 3.72. The van der Waals surface area contributed by atoms with Gasteiger partial charge in [0.1, 0.15) is 12.1 Å². The second-order valence-electron chi connectivity index (χ2n) is 4.45. The number of fused-ring (bicyclic) bond motifs is 2. The van der Waals surface area contributed by atoms with Gasteiger partial charge in [-0.2, -0.15) is 13.5 Å². The number of hydrogen-bond donors (Lipinski definition) is 2. The number of nitrogens with zero attached hydrogens (tertiary/aromatic N) is 2. The van der Waals surface area contributed by atoms with E-state index in [-0.39, 0.29) is 6.54 Å². The van der Waals surface area contributed by atoms with Crippen LogP contribution in [0.25, 0.3) is 0 Å². The van der Waals surface area contributed by atoms with Crippen molar-refractivity contribution in [3.05, 3.63) is 11.1 Å². The van der Waals surface area contributed by atoms with Gasteiger partial charge in [0.05, 0.1) is 6.54 Å². The van der Waals surface area contributed by atoms with Crippen molar-refractivity contribution in [2.45, 2.75) is 25.9 Å². The van der Waals surface area contributed by atoms with Crippen molar-refractivity contribution in [1.29, 1.82) is 0 Å². The van der Waals surface area contributed by atoms with Gasteiger partial charge in [-0.05, 0) is 25.0 Å². The Hall–Kier alpha value is -1.65. The quantitative estimate of drug-likeness (QED) is 0.508. The minimum atomic E-state index is -4.82. The SMILES string of the molecule is CC1=C(C)[C@@H]2CN(C(=O)N2OS(=O)(=O)O)[C@@H]1C(N)=O. The normalized spacial score (nSPS) is 27.2. The van der Waals surface area contributed by atoms with Crippen LogP contribution in [0.5, 0.6) is 0 Å². The number of carbonyl (C=O) groups is 2. The zero-order chi connectivity index (χ0) is 14.5. The summed E-state index contributed by atoms with van der Waals surface area (Å²) < 4.78 is 34.4. The maximum Gasteiger partial charge on any atom is 0.418 e. The first-order chi connectivity index (χ1) is 8.63. The molecule has 0 unspecified atom stereocenters. The lowest BCUT2D eigenvalue weighted by Crippen LogP contribution is -2.48. The fourth-order valence-electron chi connectivity index (χ4n) is 2.39. The summed E-state index contributed by atoms with van der Waals surface area (Å²) in [5, 5.41) is 0.539. The van der Waals surface area contributed by atoms with Crippen molar-refractivity contribution >= 4 is 22.3 Å². The Morgan fingerprint density at radius 2 is 2.00 bits per heavy atom. The van der Waals surface area contributed by atoms with Gasteiger partial charge >= 0.3 is 16.4 Å². The first-order valence-corrected chi connectivity index (χ1v) is 6.73. The molecule has 19 heavy (non-hydrogen) atoms. The Bertz CT molecular complexity index is 583. The van der Waals surface area contributed by atoms with Gasteiger partial charge in [0, 0.05) is 0 Å². The van der Waals surface area contributed by atoms with Gasteiger partial charge in [0.15, 0.2) is 0 Å². The number of rotatable bonds is 3. The molecule has 3 amide bonds. The van der Waals surface area contributed by atoms with Crippen LogP contribution in [0, 0.1) is 0 Å². The molecule has 0 saturated carbocycles. The van der Waals surface area contributed by atoms with Crippen LogP contribution in [0.3, 0.4) is 0 Å². The maximum absolute atomic E-state index is 12.0. The molecule has 10 heteroatoms. The highest BCUT2D eigenvalue weighted by atomic mass is 32.3. The predicted octanol–water partition coefficient (Wildman–Crippen LogP) is -0.969. The molecule has 1 fully saturated rings. The minimum Gasteiger partial charge on any atom is -0.368 e. The van der Waals surface area contributed by atoms with Gasteiger partial charge in [-0.1, -0.05) is 0 Å². The molecule has 2 atom stereocenters. The smallest absolute Gasteiger partial charge is 0.368 e. The summed E-state index contributed by atoms with van der Waals surface area (Å²) in [6.45, 7) is 3.35. The first-order valence-electron chi connectivity index (χ1n) is 5.37. The van der Waals surface area contributed by atoms with Crippen LogP contribution in [0.15, 0.2) is 11.1 Å². The lowest BCUT2D eigenvalue weighted by molar-refractivity contribution is -0.121. The Kier molecular flexibility index (Phi) is 3.03. The van der Waals surface area contributed by atoms with Gasteiger partial charge in [-0.15, -0.1) is 4.28 Å². The third-order valence-electron chi connectivity index (χ3n) is 3.37. The number of hydrogen-bond acceptors (Lipinski definition) is 5. The summed E-state index contributed by atoms with van der Waals surface area (Å²) in [6, 6.07) is -2.44. The Morgan fingerprint density at radius 3 is 2.47 bits per heavy atom. The third kappa shape index (κ3) is 2.17. The van der Waals surface area contributed by atoms with Crippen molar-refractivity contribution < 1.29 is 26.8 Å². The average Bonchev–Trinajstić information content (AvgIpc) is 2.51. The predicted molar refractivity (Wildman–Crippen MR) is 61.7 cm³/mol. The van der Waals surface area contributed by atoms with E-state index in [4.69, 9.17) is 10.3 Å². The molecular formula is C9H13N3O6S. The number of nitrogens with two attached hydrogens (primary N) is 1. The summed E-state index contributed by atoms with van der Waals surface area (Å²) >= 11 is 0. The highest BCUT2D eigenvalue weighted by Crippen LogP contribution is 2.34. The van der Waals surface area contributed by atoms with Crippen LogP contribution < -0.4 is 5.73 Å². The molecule has 106 valence electrons. The molecular weight excluding hydrogens is 278 g/mol. The molecule has 0 spiro atoms. The van der Waals surface area contributed by atoms with E-state index >= 15 is 0 Å². The first kappa shape index (κ1) is 13.8. The van der Waals surface area contributed by atoms with Crippen molar-refractivity contribution in [3.63, 3.8) is 0 Å². The monoisotopic (exact) mass is 291 g/mol. The van der Waals surface area contributed by atoms with Crippen LogP contribution in [-0.4, -0.2) is 53.5 Å². The van der Waals surface area contributed by atoms with E-state index in [9.17, 15) is 18.0 Å². The second kappa shape index (κ2) is 4.18. The van der Waals surface area contributed by atoms with E-state index in [0.29, 0.717) is 16.2 Å². The van der Waals surface area contributed by atoms with Crippen molar-refractivity contribution in [2.75, 3.05) is 6.54 Å². The topological polar surface area (TPSA) is 130 Å². The molecule has 0 aliphatic carbocycles. The zero-order valence-corrected chi connectivity index (χ0v) is 11.0. The molecule has 0 aromatic carbocycles. The fourth-order valence-corrected chi connectivity index (χ4v) is 2.76. The van der Waals surface area contributed by atoms with E-state index in [1.807, 2.05) is 0 Å². The summed E-state index contributed by atoms with van der Waals surface area (Å²) in [4.78, 5) is 24.5. The molecule has 2 aliphatic rings. The second-order valence-corrected chi connectivity index (χ2v) is 5.45. The van der Waals surface area contributed by atoms with E-state index in [1.54, 1.807) is 13.8 Å². The fraction of sp³-hybridized carbons (Fsp3) is 0.556. The molecule has 0 radical (unpaired) electrons. The molecule has 1 saturated heterocycles. The highest BCUT2D eigenvalue weighted by Gasteiger charge is 2.50. The summed E-state index contributed by atoms with van der Waals surface area (Å²) in [5.41, 5.74) is 6.42. The minimum absolute atomic E-state index is 0.0745. The van der Waals surface area contributed by atoms with Crippen LogP contribution in [0.4, 0.5) is 4.79 Å². The number of amides is 3. The Morgan fingerprint density at radius 1 is 1.42 bits per heavy atom. The molecule has 2 heterocycles. The van der Waals surface area contributed by atoms with Crippen molar-refractivity contribution in [2.24, 2.45) is 5.73 Å². The zero-order valence-electron chi connectivity index (χ0n) is 10.2. The molecule has 2 bridgehead atoms. The maximum atomic E-state index is 12.0. The summed E-state index contributed by atoms with van der Waals surface area (Å²) in [6.07, 6.45) is 0. The van der Waals surface area contributed by atoms with Crippen LogP contribution in [-0.2, 0) is 19.5 Å². The Labute approximate surface area is 109 Å². The largest absolute Gasteiger partial charge is 0.418 e. The van der Waals surface area contributed by atoms with E-state index in [1.165, 1.54) is 0 Å². The van der Waals surface area contributed by atoms with Gasteiger partial charge in [0.2, 0.25) is 5.91 Å². The average molecular weight is 291 g/mol. The highest BCUT2D eigenvalue weighted by molar-refractivity contribution is 7.80. The molecule has 9 nitrogen and oxygen atoms in total. The van der Waals surface area contributed by atoms with Gasteiger partial charge < -0.3 is 10.6 Å². The van der Waals surface area contributed by atoms with E-state index in [2.05, 4.69) is 4.28 Å². The Balaban J connectivity index is 2.43. The lowest BCUT2D eigenvalue weighted by Gasteiger charge is -2.30. The van der Waals surface area contributed by atoms with Gasteiger partial charge in [-0.25, -0.2) is 4.79 Å². The standard InChI is InChI=1S/C9H13N3O6S/c1-4-5(2)7(8(10)13)11-3-6(4)12(9(11)14)18-19(15,16)17/h6-7H,3H2,1-2H3,(H2,10,13)(H,15,16,17)/t6-,7-/m0/s1. The molecule has 3 N–H and O–H groups in total. The van der Waals surface area contributed by atoms with Crippen molar-refractivity contribution in [3.8, 4) is 0 Å². The van der Waals surface area contributed by atoms with Crippen LogP contribution >= 0.6 is 0 Å². The van der Waals surface area contributed by atoms with Gasteiger partial charge in [-0.3, -0.25) is 9.35 Å². The lowest BCUT2D eigenvalue weighted by atomic mass is 9.93. The van der Waals surface area contributed by atoms with Crippen LogP contribution in [0.1, 0.15) is 13.8 Å². The van der Waals surface area contributed by atoms with Crippen molar-refractivity contribution in [1.82, 2.24) is 9.96 Å². The molecule has 0 aromatic heterocycles. The van der Waals surface area contributed by atoms with E-state index < -0.39 is 34.4 Å². The summed E-state index contributed by atoms with van der Waals surface area (Å²) in [5.74, 6) is -0.711. The number of primary amides is 1. The summed E-state index contributed by atoms with van der Waals surface area (Å²) in [7, 11) is -4.82. The number of carbonyl (C=O) groups excluding carboxylic acids is 2. The molecule has 0 aromatic rings. The number of hydroxylamine groups is 2. The molecule has 2 rings (SSSR count). The number of urea groups is 1. The van der Waals surface area contributed by atoms with Gasteiger partial charge in [0.25, 0.3) is 0 Å².